The van der Waals surface area contributed by atoms with Gasteiger partial charge in [-0.1, -0.05) is 0 Å². The monoisotopic (exact) mass is 279 g/mol. The Labute approximate surface area is 106 Å². The summed E-state index contributed by atoms with van der Waals surface area (Å²) in [5.74, 6) is 0.0672. The number of amides is 1. The van der Waals surface area contributed by atoms with Gasteiger partial charge in [0.2, 0.25) is 0 Å². The van der Waals surface area contributed by atoms with Gasteiger partial charge in [0.05, 0.1) is 6.54 Å². The van der Waals surface area contributed by atoms with Crippen LogP contribution < -0.4 is 16.6 Å². The first-order valence-electron chi connectivity index (χ1n) is 5.29. The predicted molar refractivity (Wildman–Crippen MR) is 62.3 cm³/mol. The quantitative estimate of drug-likeness (QED) is 0.438. The molecule has 0 saturated carbocycles. The number of nitrogens with two attached hydrogens (primary N) is 1. The molecule has 4 nitrogen and oxygen atoms in total. The number of hydrogen-bond donors (Lipinski definition) is 3. The zero-order chi connectivity index (χ0) is 14.6. The molecule has 0 aliphatic heterocycles. The van der Waals surface area contributed by atoms with Gasteiger partial charge < -0.3 is 10.7 Å². The van der Waals surface area contributed by atoms with Crippen LogP contribution in [0.4, 0.5) is 23.2 Å². The zero-order valence-corrected chi connectivity index (χ0v) is 10.0. The lowest BCUT2D eigenvalue weighted by Crippen LogP contribution is -2.41. The lowest BCUT2D eigenvalue weighted by molar-refractivity contribution is -0.123. The van der Waals surface area contributed by atoms with Crippen LogP contribution in [0.15, 0.2) is 18.2 Å². The maximum atomic E-state index is 12.7. The fourth-order valence-corrected chi connectivity index (χ4v) is 1.38. The Hall–Kier alpha value is -1.83. The van der Waals surface area contributed by atoms with Gasteiger partial charge in [-0.05, 0) is 30.7 Å². The van der Waals surface area contributed by atoms with Crippen LogP contribution in [-0.4, -0.2) is 24.8 Å². The molecule has 19 heavy (non-hydrogen) atoms. The van der Waals surface area contributed by atoms with Crippen molar-refractivity contribution in [1.82, 2.24) is 5.32 Å². The highest BCUT2D eigenvalue weighted by atomic mass is 19.3. The molecule has 1 amide bonds. The molecule has 0 spiro atoms. The fraction of sp³-hybridized carbons (Fsp3) is 0.364. The van der Waals surface area contributed by atoms with E-state index in [9.17, 15) is 22.4 Å². The Kier molecular flexibility index (Phi) is 4.71. The van der Waals surface area contributed by atoms with E-state index < -0.39 is 24.8 Å². The number of nitrogens with one attached hydrogen (secondary N) is 2. The Balaban J connectivity index is 2.74. The summed E-state index contributed by atoms with van der Waals surface area (Å²) in [6.45, 7) is 0.154. The van der Waals surface area contributed by atoms with Crippen LogP contribution in [0.1, 0.15) is 15.9 Å². The molecule has 0 unspecified atom stereocenters. The number of halogens is 4. The van der Waals surface area contributed by atoms with Gasteiger partial charge in [-0.2, -0.15) is 8.78 Å². The van der Waals surface area contributed by atoms with Crippen LogP contribution in [-0.2, 0) is 0 Å². The molecule has 0 atom stereocenters. The first kappa shape index (κ1) is 15.2. The van der Waals surface area contributed by atoms with Crippen molar-refractivity contribution in [3.63, 3.8) is 0 Å². The predicted octanol–water partition coefficient (Wildman–Crippen LogP) is 1.91. The minimum atomic E-state index is -4.25. The SMILES string of the molecule is Cc1cc(NN)ccc1C(=O)NCC(F)(F)C(F)F. The fourth-order valence-electron chi connectivity index (χ4n) is 1.38. The normalized spacial score (nSPS) is 11.5. The molecule has 0 bridgehead atoms. The number of hydrogen-bond acceptors (Lipinski definition) is 3. The molecule has 1 rings (SSSR count). The Bertz CT molecular complexity index is 465. The summed E-state index contributed by atoms with van der Waals surface area (Å²) in [6, 6.07) is 4.35. The van der Waals surface area contributed by atoms with Crippen LogP contribution in [0.2, 0.25) is 0 Å². The maximum absolute atomic E-state index is 12.7. The van der Waals surface area contributed by atoms with Crippen LogP contribution in [0.5, 0.6) is 0 Å². The Morgan fingerprint density at radius 2 is 2.05 bits per heavy atom. The highest BCUT2D eigenvalue weighted by Crippen LogP contribution is 2.22. The molecule has 0 aliphatic rings. The van der Waals surface area contributed by atoms with Gasteiger partial charge in [0.15, 0.2) is 0 Å². The molecule has 0 aromatic heterocycles. The first-order chi connectivity index (χ1) is 8.77. The standard InChI is InChI=1S/C11H13F4N3O/c1-6-4-7(18-16)2-3-8(6)9(19)17-5-11(14,15)10(12)13/h2-4,10,18H,5,16H2,1H3,(H,17,19). The number of carbonyl (C=O) groups excluding carboxylic acids is 1. The van der Waals surface area contributed by atoms with Gasteiger partial charge in [-0.15, -0.1) is 0 Å². The minimum absolute atomic E-state index is 0.115. The summed E-state index contributed by atoms with van der Waals surface area (Å²) in [6.07, 6.45) is -3.82. The van der Waals surface area contributed by atoms with E-state index in [2.05, 4.69) is 5.43 Å². The number of hydrazine groups is 1. The molecule has 0 heterocycles. The number of alkyl halides is 4. The molecule has 4 N–H and O–H groups in total. The average molecular weight is 279 g/mol. The molecular formula is C11H13F4N3O. The van der Waals surface area contributed by atoms with Crippen molar-refractivity contribution < 1.29 is 22.4 Å². The third-order valence-electron chi connectivity index (χ3n) is 2.44. The largest absolute Gasteiger partial charge is 0.346 e. The van der Waals surface area contributed by atoms with Crippen LogP contribution in [0.25, 0.3) is 0 Å². The second kappa shape index (κ2) is 5.87. The molecule has 1 aromatic carbocycles. The molecule has 1 aromatic rings. The van der Waals surface area contributed by atoms with Crippen LogP contribution in [0, 0.1) is 6.92 Å². The summed E-state index contributed by atoms with van der Waals surface area (Å²) in [5.41, 5.74) is 3.48. The van der Waals surface area contributed by atoms with Crippen molar-refractivity contribution >= 4 is 11.6 Å². The van der Waals surface area contributed by atoms with E-state index in [1.54, 1.807) is 12.2 Å². The Morgan fingerprint density at radius 3 is 2.53 bits per heavy atom. The highest BCUT2D eigenvalue weighted by Gasteiger charge is 2.40. The van der Waals surface area contributed by atoms with Gasteiger partial charge in [0, 0.05) is 11.3 Å². The van der Waals surface area contributed by atoms with Crippen molar-refractivity contribution in [2.45, 2.75) is 19.3 Å². The van der Waals surface area contributed by atoms with E-state index >= 15 is 0 Å². The summed E-state index contributed by atoms with van der Waals surface area (Å²) >= 11 is 0. The summed E-state index contributed by atoms with van der Waals surface area (Å²) < 4.78 is 49.1. The van der Waals surface area contributed by atoms with Gasteiger partial charge >= 0.3 is 12.3 Å². The molecule has 0 aliphatic carbocycles. The maximum Gasteiger partial charge on any atom is 0.324 e. The minimum Gasteiger partial charge on any atom is -0.346 e. The third-order valence-corrected chi connectivity index (χ3v) is 2.44. The lowest BCUT2D eigenvalue weighted by Gasteiger charge is -2.16. The lowest BCUT2D eigenvalue weighted by atomic mass is 10.1. The second-order valence-electron chi connectivity index (χ2n) is 3.92. The number of aryl methyl sites for hydroxylation is 1. The van der Waals surface area contributed by atoms with Gasteiger partial charge in [-0.25, -0.2) is 8.78 Å². The van der Waals surface area contributed by atoms with Gasteiger partial charge in [0.25, 0.3) is 5.91 Å². The Morgan fingerprint density at radius 1 is 1.42 bits per heavy atom. The molecule has 0 fully saturated rings. The van der Waals surface area contributed by atoms with Gasteiger partial charge in [-0.3, -0.25) is 10.6 Å². The summed E-state index contributed by atoms with van der Waals surface area (Å²) in [4.78, 5) is 11.6. The summed E-state index contributed by atoms with van der Waals surface area (Å²) in [7, 11) is 0. The average Bonchev–Trinajstić information content (AvgIpc) is 2.35. The second-order valence-corrected chi connectivity index (χ2v) is 3.92. The van der Waals surface area contributed by atoms with Gasteiger partial charge in [0.1, 0.15) is 0 Å². The van der Waals surface area contributed by atoms with Crippen LogP contribution in [0.3, 0.4) is 0 Å². The molecule has 0 radical (unpaired) electrons. The van der Waals surface area contributed by atoms with Crippen molar-refractivity contribution in [3.8, 4) is 0 Å². The molecule has 8 heteroatoms. The van der Waals surface area contributed by atoms with Crippen molar-refractivity contribution in [1.29, 1.82) is 0 Å². The van der Waals surface area contributed by atoms with E-state index in [-0.39, 0.29) is 5.56 Å². The molecular weight excluding hydrogens is 266 g/mol. The number of benzene rings is 1. The molecule has 106 valence electrons. The molecule has 0 saturated heterocycles. The van der Waals surface area contributed by atoms with Crippen LogP contribution >= 0.6 is 0 Å². The van der Waals surface area contributed by atoms with Crippen molar-refractivity contribution in [2.75, 3.05) is 12.0 Å². The number of anilines is 1. The van der Waals surface area contributed by atoms with E-state index in [0.717, 1.165) is 0 Å². The van der Waals surface area contributed by atoms with E-state index in [0.29, 0.717) is 11.3 Å². The topological polar surface area (TPSA) is 67.1 Å². The first-order valence-corrected chi connectivity index (χ1v) is 5.29. The zero-order valence-electron chi connectivity index (χ0n) is 10.0. The van der Waals surface area contributed by atoms with E-state index in [1.807, 2.05) is 0 Å². The van der Waals surface area contributed by atoms with Crippen molar-refractivity contribution in [2.24, 2.45) is 5.84 Å². The number of carbonyl (C=O) groups is 1. The smallest absolute Gasteiger partial charge is 0.324 e. The van der Waals surface area contributed by atoms with E-state index in [1.165, 1.54) is 18.2 Å². The van der Waals surface area contributed by atoms with E-state index in [4.69, 9.17) is 5.84 Å². The number of nitrogen functional groups attached to an aromatic ring is 1. The van der Waals surface area contributed by atoms with Crippen molar-refractivity contribution in [3.05, 3.63) is 29.3 Å². The number of rotatable bonds is 5. The third kappa shape index (κ3) is 3.82. The highest BCUT2D eigenvalue weighted by molar-refractivity contribution is 5.96. The summed E-state index contributed by atoms with van der Waals surface area (Å²) in [5, 5.41) is 1.78.